The molecule has 0 heterocycles. The average molecular weight is 308 g/mol. The molecule has 0 aromatic heterocycles. The number of carbonyl (C=O) groups excluding carboxylic acids is 1. The molecule has 1 aliphatic carbocycles. The van der Waals surface area contributed by atoms with E-state index in [1.807, 2.05) is 30.3 Å². The third kappa shape index (κ3) is 3.31. The van der Waals surface area contributed by atoms with E-state index in [2.05, 4.69) is 0 Å². The number of carboxylic acids is 1. The lowest BCUT2D eigenvalue weighted by atomic mass is 10.0. The van der Waals surface area contributed by atoms with Crippen LogP contribution in [-0.4, -0.2) is 16.9 Å². The number of aliphatic carboxylic acids is 1. The first-order chi connectivity index (χ1) is 11.1. The first-order valence-corrected chi connectivity index (χ1v) is 7.42. The van der Waals surface area contributed by atoms with Crippen LogP contribution in [0.5, 0.6) is 5.75 Å². The number of hydrogen-bond donors (Lipinski definition) is 1. The molecule has 2 aromatic carbocycles. The Hall–Kier alpha value is -2.88. The molecule has 0 fully saturated rings. The van der Waals surface area contributed by atoms with E-state index in [9.17, 15) is 9.59 Å². The smallest absolute Gasteiger partial charge is 0.328 e. The molecule has 0 amide bonds. The molecule has 0 bridgehead atoms. The number of fused-ring (bicyclic) bond motifs is 1. The van der Waals surface area contributed by atoms with Crippen LogP contribution >= 0.6 is 0 Å². The highest BCUT2D eigenvalue weighted by Gasteiger charge is 2.26. The highest BCUT2D eigenvalue weighted by molar-refractivity contribution is 6.04. The third-order valence-corrected chi connectivity index (χ3v) is 3.83. The molecule has 1 aliphatic rings. The molecule has 2 aromatic rings. The number of ether oxygens (including phenoxy) is 1. The van der Waals surface area contributed by atoms with Crippen molar-refractivity contribution < 1.29 is 19.4 Å². The Morgan fingerprint density at radius 3 is 2.65 bits per heavy atom. The normalized spacial score (nSPS) is 13.3. The molecule has 0 saturated heterocycles. The number of benzene rings is 2. The summed E-state index contributed by atoms with van der Waals surface area (Å²) < 4.78 is 5.82. The Balaban J connectivity index is 1.89. The Morgan fingerprint density at radius 2 is 1.91 bits per heavy atom. The molecular formula is C19H16O4. The van der Waals surface area contributed by atoms with Gasteiger partial charge in [-0.2, -0.15) is 0 Å². The lowest BCUT2D eigenvalue weighted by Gasteiger charge is -2.12. The quantitative estimate of drug-likeness (QED) is 0.859. The van der Waals surface area contributed by atoms with Gasteiger partial charge in [0, 0.05) is 12.5 Å². The molecule has 23 heavy (non-hydrogen) atoms. The van der Waals surface area contributed by atoms with Crippen molar-refractivity contribution in [3.05, 3.63) is 70.8 Å². The predicted molar refractivity (Wildman–Crippen MR) is 86.5 cm³/mol. The van der Waals surface area contributed by atoms with Crippen LogP contribution in [0.2, 0.25) is 0 Å². The number of carbonyl (C=O) groups is 2. The minimum absolute atomic E-state index is 0.0497. The van der Waals surface area contributed by atoms with Gasteiger partial charge in [-0.25, -0.2) is 4.79 Å². The number of hydrogen-bond acceptors (Lipinski definition) is 3. The molecule has 0 saturated carbocycles. The Labute approximate surface area is 134 Å². The van der Waals surface area contributed by atoms with Crippen molar-refractivity contribution in [1.82, 2.24) is 0 Å². The number of rotatable bonds is 5. The fourth-order valence-corrected chi connectivity index (χ4v) is 2.75. The summed E-state index contributed by atoms with van der Waals surface area (Å²) in [7, 11) is 0. The lowest BCUT2D eigenvalue weighted by molar-refractivity contribution is -0.131. The number of Topliss-reactive ketones (excluding diaryl/α,β-unsaturated/α-hetero) is 1. The maximum atomic E-state index is 12.2. The molecule has 3 rings (SSSR count). The van der Waals surface area contributed by atoms with Crippen LogP contribution in [0, 0.1) is 0 Å². The predicted octanol–water partition coefficient (Wildman–Crippen LogP) is 3.49. The molecule has 0 aliphatic heterocycles. The van der Waals surface area contributed by atoms with E-state index in [4.69, 9.17) is 9.84 Å². The van der Waals surface area contributed by atoms with E-state index >= 15 is 0 Å². The molecule has 4 nitrogen and oxygen atoms in total. The molecule has 0 radical (unpaired) electrons. The van der Waals surface area contributed by atoms with Gasteiger partial charge in [0.2, 0.25) is 0 Å². The van der Waals surface area contributed by atoms with Crippen molar-refractivity contribution >= 4 is 17.8 Å². The highest BCUT2D eigenvalue weighted by atomic mass is 16.5. The summed E-state index contributed by atoms with van der Waals surface area (Å²) in [5.74, 6) is -0.389. The molecule has 4 heteroatoms. The summed E-state index contributed by atoms with van der Waals surface area (Å²) in [5.41, 5.74) is 3.26. The molecular weight excluding hydrogens is 292 g/mol. The van der Waals surface area contributed by atoms with Crippen molar-refractivity contribution in [3.8, 4) is 5.75 Å². The zero-order valence-corrected chi connectivity index (χ0v) is 12.5. The molecule has 0 unspecified atom stereocenters. The van der Waals surface area contributed by atoms with Gasteiger partial charge in [0.15, 0.2) is 5.78 Å². The van der Waals surface area contributed by atoms with Gasteiger partial charge in [0.05, 0.1) is 5.56 Å². The zero-order chi connectivity index (χ0) is 16.2. The van der Waals surface area contributed by atoms with Gasteiger partial charge >= 0.3 is 5.97 Å². The molecule has 0 spiro atoms. The van der Waals surface area contributed by atoms with Gasteiger partial charge in [-0.05, 0) is 35.3 Å². The van der Waals surface area contributed by atoms with Gasteiger partial charge in [-0.15, -0.1) is 0 Å². The van der Waals surface area contributed by atoms with Gasteiger partial charge in [-0.1, -0.05) is 36.4 Å². The Kier molecular flexibility index (Phi) is 4.24. The van der Waals surface area contributed by atoms with Crippen LogP contribution in [0.25, 0.3) is 6.08 Å². The molecule has 0 atom stereocenters. The van der Waals surface area contributed by atoms with Gasteiger partial charge in [0.1, 0.15) is 12.4 Å². The maximum absolute atomic E-state index is 12.2. The summed E-state index contributed by atoms with van der Waals surface area (Å²) in [4.78, 5) is 22.9. The SMILES string of the molecule is O=C(O)/C=C/c1ccc(OCc2ccccc2)c2c1CCC2=O. The van der Waals surface area contributed by atoms with Gasteiger partial charge in [0.25, 0.3) is 0 Å². The van der Waals surface area contributed by atoms with E-state index in [0.29, 0.717) is 30.8 Å². The van der Waals surface area contributed by atoms with E-state index in [0.717, 1.165) is 22.8 Å². The first-order valence-electron chi connectivity index (χ1n) is 7.42. The zero-order valence-electron chi connectivity index (χ0n) is 12.5. The van der Waals surface area contributed by atoms with Gasteiger partial charge < -0.3 is 9.84 Å². The van der Waals surface area contributed by atoms with Crippen LogP contribution in [0.4, 0.5) is 0 Å². The summed E-state index contributed by atoms with van der Waals surface area (Å²) in [6.07, 6.45) is 3.68. The number of ketones is 1. The van der Waals surface area contributed by atoms with Crippen molar-refractivity contribution in [3.63, 3.8) is 0 Å². The standard InChI is InChI=1S/C19H16O4/c20-16-9-8-15-14(7-11-18(21)22)6-10-17(19(15)16)23-12-13-4-2-1-3-5-13/h1-7,10-11H,8-9,12H2,(H,21,22)/b11-7+. The Bertz CT molecular complexity index is 775. The Morgan fingerprint density at radius 1 is 1.13 bits per heavy atom. The minimum atomic E-state index is -1.01. The van der Waals surface area contributed by atoms with Crippen LogP contribution in [0.1, 0.15) is 33.5 Å². The molecule has 116 valence electrons. The third-order valence-electron chi connectivity index (χ3n) is 3.83. The summed E-state index contributed by atoms with van der Waals surface area (Å²) in [6, 6.07) is 13.3. The second-order valence-corrected chi connectivity index (χ2v) is 5.38. The van der Waals surface area contributed by atoms with E-state index < -0.39 is 5.97 Å². The summed E-state index contributed by atoms with van der Waals surface area (Å²) in [5, 5.41) is 8.76. The van der Waals surface area contributed by atoms with Crippen molar-refractivity contribution in [2.45, 2.75) is 19.4 Å². The molecule has 1 N–H and O–H groups in total. The van der Waals surface area contributed by atoms with Crippen molar-refractivity contribution in [2.24, 2.45) is 0 Å². The van der Waals surface area contributed by atoms with Crippen molar-refractivity contribution in [1.29, 1.82) is 0 Å². The average Bonchev–Trinajstić information content (AvgIpc) is 2.95. The minimum Gasteiger partial charge on any atom is -0.488 e. The van der Waals surface area contributed by atoms with E-state index in [1.165, 1.54) is 6.08 Å². The van der Waals surface area contributed by atoms with Crippen LogP contribution < -0.4 is 4.74 Å². The van der Waals surface area contributed by atoms with E-state index in [-0.39, 0.29) is 5.78 Å². The topological polar surface area (TPSA) is 63.6 Å². The monoisotopic (exact) mass is 308 g/mol. The van der Waals surface area contributed by atoms with E-state index in [1.54, 1.807) is 12.1 Å². The fraction of sp³-hybridized carbons (Fsp3) is 0.158. The highest BCUT2D eigenvalue weighted by Crippen LogP contribution is 2.34. The number of carboxylic acid groups (broad SMARTS) is 1. The summed E-state index contributed by atoms with van der Waals surface area (Å²) >= 11 is 0. The second-order valence-electron chi connectivity index (χ2n) is 5.38. The van der Waals surface area contributed by atoms with Crippen LogP contribution in [0.15, 0.2) is 48.5 Å². The maximum Gasteiger partial charge on any atom is 0.328 e. The summed E-state index contributed by atoms with van der Waals surface area (Å²) in [6.45, 7) is 0.394. The largest absolute Gasteiger partial charge is 0.488 e. The van der Waals surface area contributed by atoms with Crippen LogP contribution in [-0.2, 0) is 17.8 Å². The first kappa shape index (κ1) is 15.0. The fourth-order valence-electron chi connectivity index (χ4n) is 2.75. The van der Waals surface area contributed by atoms with Crippen molar-refractivity contribution in [2.75, 3.05) is 0 Å². The van der Waals surface area contributed by atoms with Gasteiger partial charge in [-0.3, -0.25) is 4.79 Å². The second kappa shape index (κ2) is 6.48. The lowest BCUT2D eigenvalue weighted by Crippen LogP contribution is -2.02. The van der Waals surface area contributed by atoms with Crippen LogP contribution in [0.3, 0.4) is 0 Å².